The Morgan fingerprint density at radius 1 is 1.40 bits per heavy atom. The molecule has 0 spiro atoms. The number of hydrogen-bond donors (Lipinski definition) is 1. The van der Waals surface area contributed by atoms with Crippen LogP contribution in [0, 0.1) is 5.82 Å². The largest absolute Gasteiger partial charge is 0.467 e. The van der Waals surface area contributed by atoms with E-state index in [9.17, 15) is 9.18 Å². The summed E-state index contributed by atoms with van der Waals surface area (Å²) in [5, 5.41) is 3.15. The van der Waals surface area contributed by atoms with Crippen molar-refractivity contribution in [2.45, 2.75) is 37.3 Å². The highest BCUT2D eigenvalue weighted by molar-refractivity contribution is 5.85. The minimum absolute atomic E-state index is 0.285. The van der Waals surface area contributed by atoms with Crippen LogP contribution in [0.1, 0.15) is 25.7 Å². The molecule has 5 heteroatoms. The zero-order chi connectivity index (χ0) is 14.6. The van der Waals surface area contributed by atoms with Crippen molar-refractivity contribution >= 4 is 11.7 Å². The SMILES string of the molecule is COC(=O)C1(Nc2cccc(F)c2)CCCCC1OC. The second-order valence-electron chi connectivity index (χ2n) is 5.07. The van der Waals surface area contributed by atoms with Gasteiger partial charge in [0.25, 0.3) is 0 Å². The van der Waals surface area contributed by atoms with Crippen LogP contribution in [0.2, 0.25) is 0 Å². The topological polar surface area (TPSA) is 47.6 Å². The number of nitrogens with one attached hydrogen (secondary N) is 1. The van der Waals surface area contributed by atoms with Crippen LogP contribution < -0.4 is 5.32 Å². The van der Waals surface area contributed by atoms with E-state index in [1.807, 2.05) is 0 Å². The van der Waals surface area contributed by atoms with Gasteiger partial charge in [0.05, 0.1) is 13.2 Å². The first-order valence-electron chi connectivity index (χ1n) is 6.77. The second-order valence-corrected chi connectivity index (χ2v) is 5.07. The lowest BCUT2D eigenvalue weighted by Gasteiger charge is -2.41. The van der Waals surface area contributed by atoms with Crippen molar-refractivity contribution < 1.29 is 18.7 Å². The summed E-state index contributed by atoms with van der Waals surface area (Å²) < 4.78 is 23.7. The number of benzene rings is 1. The lowest BCUT2D eigenvalue weighted by Crippen LogP contribution is -2.58. The summed E-state index contributed by atoms with van der Waals surface area (Å²) in [6.07, 6.45) is 2.99. The number of methoxy groups -OCH3 is 2. The molecule has 0 aromatic heterocycles. The summed E-state index contributed by atoms with van der Waals surface area (Å²) in [5.41, 5.74) is -0.394. The Labute approximate surface area is 118 Å². The highest BCUT2D eigenvalue weighted by Gasteiger charge is 2.48. The third-order valence-corrected chi connectivity index (χ3v) is 3.86. The molecule has 1 N–H and O–H groups in total. The van der Waals surface area contributed by atoms with Crippen LogP contribution in [0.4, 0.5) is 10.1 Å². The van der Waals surface area contributed by atoms with Gasteiger partial charge in [-0.1, -0.05) is 18.9 Å². The average Bonchev–Trinajstić information content (AvgIpc) is 2.46. The van der Waals surface area contributed by atoms with Crippen LogP contribution in [0.15, 0.2) is 24.3 Å². The Morgan fingerprint density at radius 2 is 2.20 bits per heavy atom. The fraction of sp³-hybridized carbons (Fsp3) is 0.533. The lowest BCUT2D eigenvalue weighted by molar-refractivity contribution is -0.153. The van der Waals surface area contributed by atoms with Crippen molar-refractivity contribution in [2.24, 2.45) is 0 Å². The minimum atomic E-state index is -0.949. The highest BCUT2D eigenvalue weighted by atomic mass is 19.1. The standard InChI is InChI=1S/C15H20FNO3/c1-19-13-8-3-4-9-15(13,14(18)20-2)17-12-7-5-6-11(16)10-12/h5-7,10,13,17H,3-4,8-9H2,1-2H3. The summed E-state index contributed by atoms with van der Waals surface area (Å²) in [4.78, 5) is 12.3. The van der Waals surface area contributed by atoms with E-state index in [-0.39, 0.29) is 17.9 Å². The second kappa shape index (κ2) is 6.22. The molecule has 1 aliphatic rings. The first kappa shape index (κ1) is 14.8. The zero-order valence-electron chi connectivity index (χ0n) is 11.8. The molecular formula is C15H20FNO3. The molecule has 20 heavy (non-hydrogen) atoms. The van der Waals surface area contributed by atoms with Crippen LogP contribution in [0.25, 0.3) is 0 Å². The lowest BCUT2D eigenvalue weighted by atomic mass is 9.78. The van der Waals surface area contributed by atoms with E-state index in [4.69, 9.17) is 9.47 Å². The van der Waals surface area contributed by atoms with Crippen LogP contribution in [-0.4, -0.2) is 31.8 Å². The number of ether oxygens (including phenoxy) is 2. The molecular weight excluding hydrogens is 261 g/mol. The molecule has 0 saturated heterocycles. The van der Waals surface area contributed by atoms with Crippen LogP contribution in [-0.2, 0) is 14.3 Å². The fourth-order valence-corrected chi connectivity index (χ4v) is 2.89. The molecule has 1 aromatic carbocycles. The third kappa shape index (κ3) is 2.77. The van der Waals surface area contributed by atoms with Gasteiger partial charge in [0.2, 0.25) is 0 Å². The summed E-state index contributed by atoms with van der Waals surface area (Å²) in [5.74, 6) is -0.715. The van der Waals surface area contributed by atoms with Gasteiger partial charge in [-0.3, -0.25) is 0 Å². The van der Waals surface area contributed by atoms with Crippen molar-refractivity contribution in [3.05, 3.63) is 30.1 Å². The van der Waals surface area contributed by atoms with Crippen molar-refractivity contribution in [1.82, 2.24) is 0 Å². The Kier molecular flexibility index (Phi) is 4.60. The molecule has 1 saturated carbocycles. The van der Waals surface area contributed by atoms with Gasteiger partial charge in [-0.2, -0.15) is 0 Å². The maximum atomic E-state index is 13.3. The molecule has 4 nitrogen and oxygen atoms in total. The molecule has 0 aliphatic heterocycles. The Hall–Kier alpha value is -1.62. The van der Waals surface area contributed by atoms with Gasteiger partial charge in [0, 0.05) is 12.8 Å². The molecule has 0 heterocycles. The van der Waals surface area contributed by atoms with E-state index in [0.717, 1.165) is 19.3 Å². The number of carbonyl (C=O) groups is 1. The van der Waals surface area contributed by atoms with Gasteiger partial charge in [0.15, 0.2) is 5.54 Å². The molecule has 0 amide bonds. The van der Waals surface area contributed by atoms with Crippen molar-refractivity contribution in [1.29, 1.82) is 0 Å². The zero-order valence-corrected chi connectivity index (χ0v) is 11.8. The number of halogens is 1. The highest BCUT2D eigenvalue weighted by Crippen LogP contribution is 2.35. The molecule has 0 radical (unpaired) electrons. The number of carbonyl (C=O) groups excluding carboxylic acids is 1. The van der Waals surface area contributed by atoms with Gasteiger partial charge < -0.3 is 14.8 Å². The van der Waals surface area contributed by atoms with Gasteiger partial charge in [-0.15, -0.1) is 0 Å². The molecule has 1 aliphatic carbocycles. The number of hydrogen-bond acceptors (Lipinski definition) is 4. The van der Waals surface area contributed by atoms with Gasteiger partial charge in [-0.25, -0.2) is 9.18 Å². The maximum absolute atomic E-state index is 13.3. The molecule has 2 unspecified atom stereocenters. The maximum Gasteiger partial charge on any atom is 0.334 e. The molecule has 1 aromatic rings. The van der Waals surface area contributed by atoms with Gasteiger partial charge in [0.1, 0.15) is 5.82 Å². The van der Waals surface area contributed by atoms with E-state index in [1.165, 1.54) is 19.2 Å². The summed E-state index contributed by atoms with van der Waals surface area (Å²) in [6, 6.07) is 6.07. The van der Waals surface area contributed by atoms with E-state index in [2.05, 4.69) is 5.32 Å². The van der Waals surface area contributed by atoms with Crippen LogP contribution >= 0.6 is 0 Å². The first-order valence-corrected chi connectivity index (χ1v) is 6.77. The molecule has 110 valence electrons. The monoisotopic (exact) mass is 281 g/mol. The number of anilines is 1. The molecule has 2 atom stereocenters. The van der Waals surface area contributed by atoms with Crippen molar-refractivity contribution in [3.8, 4) is 0 Å². The smallest absolute Gasteiger partial charge is 0.334 e. The first-order chi connectivity index (χ1) is 9.62. The van der Waals surface area contributed by atoms with E-state index in [1.54, 1.807) is 19.2 Å². The van der Waals surface area contributed by atoms with Crippen LogP contribution in [0.3, 0.4) is 0 Å². The predicted octanol–water partition coefficient (Wildman–Crippen LogP) is 2.74. The van der Waals surface area contributed by atoms with Gasteiger partial charge >= 0.3 is 5.97 Å². The summed E-state index contributed by atoms with van der Waals surface area (Å²) in [6.45, 7) is 0. The molecule has 2 rings (SSSR count). The van der Waals surface area contributed by atoms with E-state index in [0.29, 0.717) is 12.1 Å². The molecule has 1 fully saturated rings. The molecule has 0 bridgehead atoms. The summed E-state index contributed by atoms with van der Waals surface area (Å²) in [7, 11) is 2.94. The Bertz CT molecular complexity index is 480. The van der Waals surface area contributed by atoms with Gasteiger partial charge in [-0.05, 0) is 31.0 Å². The number of rotatable bonds is 4. The van der Waals surface area contributed by atoms with Crippen LogP contribution in [0.5, 0.6) is 0 Å². The average molecular weight is 281 g/mol. The Balaban J connectivity index is 2.33. The Morgan fingerprint density at radius 3 is 2.85 bits per heavy atom. The third-order valence-electron chi connectivity index (χ3n) is 3.86. The normalized spacial score (nSPS) is 26.1. The number of esters is 1. The minimum Gasteiger partial charge on any atom is -0.467 e. The van der Waals surface area contributed by atoms with E-state index < -0.39 is 5.54 Å². The predicted molar refractivity (Wildman–Crippen MR) is 74.0 cm³/mol. The van der Waals surface area contributed by atoms with Crippen molar-refractivity contribution in [3.63, 3.8) is 0 Å². The quantitative estimate of drug-likeness (QED) is 0.862. The van der Waals surface area contributed by atoms with Crippen molar-refractivity contribution in [2.75, 3.05) is 19.5 Å². The summed E-state index contributed by atoms with van der Waals surface area (Å²) >= 11 is 0. The van der Waals surface area contributed by atoms with E-state index >= 15 is 0 Å². The fourth-order valence-electron chi connectivity index (χ4n) is 2.89.